The first-order valence-corrected chi connectivity index (χ1v) is 7.77. The molecule has 2 aromatic rings. The van der Waals surface area contributed by atoms with Crippen LogP contribution >= 0.6 is 23.1 Å². The molecule has 0 unspecified atom stereocenters. The summed E-state index contributed by atoms with van der Waals surface area (Å²) in [6, 6.07) is 8.69. The van der Waals surface area contributed by atoms with Gasteiger partial charge in [-0.1, -0.05) is 19.9 Å². The highest BCUT2D eigenvalue weighted by atomic mass is 32.2. The zero-order chi connectivity index (χ0) is 12.3. The summed E-state index contributed by atoms with van der Waals surface area (Å²) in [7, 11) is 0. The number of carbonyl (C=O) groups excluding carboxylic acids is 1. The third kappa shape index (κ3) is 3.33. The number of hydrogen-bond acceptors (Lipinski definition) is 3. The van der Waals surface area contributed by atoms with E-state index >= 15 is 0 Å². The van der Waals surface area contributed by atoms with Crippen LogP contribution in [-0.4, -0.2) is 11.5 Å². The summed E-state index contributed by atoms with van der Waals surface area (Å²) in [4.78, 5) is 11.5. The number of thiophene rings is 1. The Morgan fingerprint density at radius 2 is 2.18 bits per heavy atom. The lowest BCUT2D eigenvalue weighted by Gasteiger charge is -2.04. The number of hydrogen-bond donors (Lipinski definition) is 0. The maximum atomic E-state index is 11.5. The van der Waals surface area contributed by atoms with E-state index in [2.05, 4.69) is 29.6 Å². The van der Waals surface area contributed by atoms with E-state index in [-0.39, 0.29) is 5.92 Å². The van der Waals surface area contributed by atoms with Gasteiger partial charge in [-0.3, -0.25) is 4.79 Å². The Hall–Kier alpha value is -0.800. The first-order valence-electron chi connectivity index (χ1n) is 5.73. The molecule has 0 aliphatic carbocycles. The standard InChI is InChI=1S/C14H16OS2/c1-10(2)13(15)9-16-8-11-3-4-14-12(7-11)5-6-17-14/h3-7,10H,8-9H2,1-2H3. The van der Waals surface area contributed by atoms with Crippen LogP contribution in [0, 0.1) is 5.92 Å². The minimum atomic E-state index is 0.154. The number of carbonyl (C=O) groups is 1. The molecule has 0 bridgehead atoms. The lowest BCUT2D eigenvalue weighted by atomic mass is 10.1. The number of fused-ring (bicyclic) bond motifs is 1. The van der Waals surface area contributed by atoms with Crippen LogP contribution in [0.5, 0.6) is 0 Å². The summed E-state index contributed by atoms with van der Waals surface area (Å²) in [5.74, 6) is 2.04. The van der Waals surface area contributed by atoms with Crippen molar-refractivity contribution in [3.05, 3.63) is 35.2 Å². The van der Waals surface area contributed by atoms with E-state index in [1.165, 1.54) is 15.6 Å². The summed E-state index contributed by atoms with van der Waals surface area (Å²) in [5, 5.41) is 3.42. The molecule has 0 atom stereocenters. The Kier molecular flexibility index (Phi) is 4.24. The minimum Gasteiger partial charge on any atom is -0.298 e. The number of Topliss-reactive ketones (excluding diaryl/α,β-unsaturated/α-hetero) is 1. The second-order valence-corrected chi connectivity index (χ2v) is 6.34. The summed E-state index contributed by atoms with van der Waals surface area (Å²) in [6.07, 6.45) is 0. The van der Waals surface area contributed by atoms with Gasteiger partial charge < -0.3 is 0 Å². The topological polar surface area (TPSA) is 17.1 Å². The smallest absolute Gasteiger partial charge is 0.145 e. The molecule has 0 aliphatic heterocycles. The molecule has 17 heavy (non-hydrogen) atoms. The van der Waals surface area contributed by atoms with Gasteiger partial charge in [0, 0.05) is 16.4 Å². The Bertz CT molecular complexity index is 514. The maximum Gasteiger partial charge on any atom is 0.145 e. The normalized spacial score (nSPS) is 11.2. The van der Waals surface area contributed by atoms with Gasteiger partial charge in [0.2, 0.25) is 0 Å². The number of rotatable bonds is 5. The van der Waals surface area contributed by atoms with E-state index in [0.29, 0.717) is 11.5 Å². The maximum absolute atomic E-state index is 11.5. The second-order valence-electron chi connectivity index (χ2n) is 4.41. The van der Waals surface area contributed by atoms with Crippen LogP contribution in [0.25, 0.3) is 10.1 Å². The lowest BCUT2D eigenvalue weighted by molar-refractivity contribution is -0.119. The summed E-state index contributed by atoms with van der Waals surface area (Å²) in [5.41, 5.74) is 1.30. The fourth-order valence-corrected chi connectivity index (χ4v) is 3.36. The number of thioether (sulfide) groups is 1. The van der Waals surface area contributed by atoms with Crippen molar-refractivity contribution < 1.29 is 4.79 Å². The monoisotopic (exact) mass is 264 g/mol. The molecule has 1 heterocycles. The molecule has 0 saturated heterocycles. The molecular weight excluding hydrogens is 248 g/mol. The molecule has 1 aromatic carbocycles. The van der Waals surface area contributed by atoms with Gasteiger partial charge in [-0.2, -0.15) is 0 Å². The van der Waals surface area contributed by atoms with Gasteiger partial charge in [0.05, 0.1) is 5.75 Å². The molecule has 0 aliphatic rings. The summed E-state index contributed by atoms with van der Waals surface area (Å²) < 4.78 is 1.33. The average Bonchev–Trinajstić information content (AvgIpc) is 2.75. The Morgan fingerprint density at radius 3 is 2.94 bits per heavy atom. The fourth-order valence-electron chi connectivity index (χ4n) is 1.54. The molecule has 1 aromatic heterocycles. The van der Waals surface area contributed by atoms with Crippen molar-refractivity contribution in [2.45, 2.75) is 19.6 Å². The van der Waals surface area contributed by atoms with Crippen molar-refractivity contribution in [3.63, 3.8) is 0 Å². The summed E-state index contributed by atoms with van der Waals surface area (Å²) >= 11 is 3.48. The predicted octanol–water partition coefficient (Wildman–Crippen LogP) is 4.36. The lowest BCUT2D eigenvalue weighted by Crippen LogP contribution is -2.09. The highest BCUT2D eigenvalue weighted by Gasteiger charge is 2.07. The van der Waals surface area contributed by atoms with Gasteiger partial charge in [-0.15, -0.1) is 23.1 Å². The highest BCUT2D eigenvalue weighted by molar-refractivity contribution is 7.99. The molecule has 3 heteroatoms. The first kappa shape index (κ1) is 12.7. The van der Waals surface area contributed by atoms with Gasteiger partial charge in [-0.05, 0) is 34.5 Å². The second kappa shape index (κ2) is 5.69. The van der Waals surface area contributed by atoms with Crippen LogP contribution in [0.15, 0.2) is 29.6 Å². The number of ketones is 1. The Balaban J connectivity index is 1.92. The molecule has 0 amide bonds. The quantitative estimate of drug-likeness (QED) is 0.798. The van der Waals surface area contributed by atoms with Crippen molar-refractivity contribution in [2.24, 2.45) is 5.92 Å². The zero-order valence-electron chi connectivity index (χ0n) is 10.1. The molecule has 2 rings (SSSR count). The third-order valence-corrected chi connectivity index (χ3v) is 4.60. The Labute approximate surface area is 110 Å². The molecule has 0 N–H and O–H groups in total. The van der Waals surface area contributed by atoms with Crippen molar-refractivity contribution >= 4 is 39.0 Å². The molecule has 0 radical (unpaired) electrons. The fraction of sp³-hybridized carbons (Fsp3) is 0.357. The van der Waals surface area contributed by atoms with Gasteiger partial charge in [0.1, 0.15) is 5.78 Å². The molecule has 90 valence electrons. The van der Waals surface area contributed by atoms with Crippen LogP contribution < -0.4 is 0 Å². The van der Waals surface area contributed by atoms with Gasteiger partial charge >= 0.3 is 0 Å². The van der Waals surface area contributed by atoms with E-state index in [1.807, 2.05) is 13.8 Å². The first-order chi connectivity index (χ1) is 8.16. The predicted molar refractivity (Wildman–Crippen MR) is 77.8 cm³/mol. The van der Waals surface area contributed by atoms with Crippen LogP contribution in [0.2, 0.25) is 0 Å². The molecule has 0 spiro atoms. The molecule has 1 nitrogen and oxygen atoms in total. The van der Waals surface area contributed by atoms with E-state index in [0.717, 1.165) is 5.75 Å². The van der Waals surface area contributed by atoms with Gasteiger partial charge in [0.15, 0.2) is 0 Å². The molecular formula is C14H16OS2. The van der Waals surface area contributed by atoms with Crippen LogP contribution in [-0.2, 0) is 10.5 Å². The van der Waals surface area contributed by atoms with Crippen LogP contribution in [0.1, 0.15) is 19.4 Å². The average molecular weight is 264 g/mol. The van der Waals surface area contributed by atoms with Gasteiger partial charge in [-0.25, -0.2) is 0 Å². The summed E-state index contributed by atoms with van der Waals surface area (Å²) in [6.45, 7) is 3.92. The molecule has 0 fully saturated rings. The minimum absolute atomic E-state index is 0.154. The van der Waals surface area contributed by atoms with Crippen molar-refractivity contribution in [1.82, 2.24) is 0 Å². The van der Waals surface area contributed by atoms with Crippen molar-refractivity contribution in [2.75, 3.05) is 5.75 Å². The Morgan fingerprint density at radius 1 is 1.35 bits per heavy atom. The highest BCUT2D eigenvalue weighted by Crippen LogP contribution is 2.23. The van der Waals surface area contributed by atoms with E-state index in [9.17, 15) is 4.79 Å². The van der Waals surface area contributed by atoms with E-state index < -0.39 is 0 Å². The zero-order valence-corrected chi connectivity index (χ0v) is 11.7. The van der Waals surface area contributed by atoms with Crippen LogP contribution in [0.4, 0.5) is 0 Å². The number of benzene rings is 1. The van der Waals surface area contributed by atoms with Gasteiger partial charge in [0.25, 0.3) is 0 Å². The van der Waals surface area contributed by atoms with Crippen LogP contribution in [0.3, 0.4) is 0 Å². The van der Waals surface area contributed by atoms with Crippen molar-refractivity contribution in [3.8, 4) is 0 Å². The van der Waals surface area contributed by atoms with E-state index in [4.69, 9.17) is 0 Å². The van der Waals surface area contributed by atoms with E-state index in [1.54, 1.807) is 23.1 Å². The SMILES string of the molecule is CC(C)C(=O)CSCc1ccc2sccc2c1. The van der Waals surface area contributed by atoms with Crippen molar-refractivity contribution in [1.29, 1.82) is 0 Å². The third-order valence-electron chi connectivity index (χ3n) is 2.67. The largest absolute Gasteiger partial charge is 0.298 e. The molecule has 0 saturated carbocycles.